The van der Waals surface area contributed by atoms with Gasteiger partial charge in [-0.05, 0) is 55.6 Å². The van der Waals surface area contributed by atoms with Crippen molar-refractivity contribution in [2.24, 2.45) is 0 Å². The summed E-state index contributed by atoms with van der Waals surface area (Å²) in [6.45, 7) is 5.97. The lowest BCUT2D eigenvalue weighted by atomic mass is 10.1. The Hall–Kier alpha value is -2.98. The van der Waals surface area contributed by atoms with Crippen molar-refractivity contribution in [3.8, 4) is 16.5 Å². The number of nitrogens with zero attached hydrogens (tertiary/aromatic N) is 3. The zero-order valence-corrected chi connectivity index (χ0v) is 20.4. The van der Waals surface area contributed by atoms with Gasteiger partial charge in [-0.25, -0.2) is 0 Å². The molecule has 2 atom stereocenters. The molecule has 33 heavy (non-hydrogen) atoms. The number of H-pyrrole nitrogens is 1. The minimum Gasteiger partial charge on any atom is -0.477 e. The highest BCUT2D eigenvalue weighted by Crippen LogP contribution is 2.35. The van der Waals surface area contributed by atoms with E-state index in [4.69, 9.17) is 17.0 Å². The van der Waals surface area contributed by atoms with Gasteiger partial charge in [0.2, 0.25) is 5.91 Å². The van der Waals surface area contributed by atoms with Crippen molar-refractivity contribution in [3.05, 3.63) is 46.5 Å². The van der Waals surface area contributed by atoms with Crippen molar-refractivity contribution in [3.63, 3.8) is 0 Å². The van der Waals surface area contributed by atoms with Crippen LogP contribution in [0.5, 0.6) is 5.75 Å². The molecule has 3 heterocycles. The van der Waals surface area contributed by atoms with Crippen molar-refractivity contribution in [2.45, 2.75) is 51.8 Å². The zero-order valence-electron chi connectivity index (χ0n) is 18.8. The molecule has 1 aromatic carbocycles. The molecule has 8 nitrogen and oxygen atoms in total. The molecule has 174 valence electrons. The third kappa shape index (κ3) is 4.58. The summed E-state index contributed by atoms with van der Waals surface area (Å²) in [6, 6.07) is 10.6. The largest absolute Gasteiger partial charge is 0.477 e. The Labute approximate surface area is 201 Å². The first-order valence-electron chi connectivity index (χ1n) is 11.0. The lowest BCUT2D eigenvalue weighted by Gasteiger charge is -2.36. The SMILES string of the molecule is CCC(CC)NC(=O)C1CN(C(=O)C(C)n2c(-c3cccs3)n[nH]c2=S)c2ccccc2O1. The van der Waals surface area contributed by atoms with Crippen LogP contribution in [0.1, 0.15) is 39.7 Å². The molecule has 10 heteroatoms. The first kappa shape index (κ1) is 23.2. The number of benzene rings is 1. The van der Waals surface area contributed by atoms with Crippen LogP contribution in [0.25, 0.3) is 10.7 Å². The number of carbonyl (C=O) groups excluding carboxylic acids is 2. The average molecular weight is 486 g/mol. The Morgan fingerprint density at radius 1 is 1.27 bits per heavy atom. The van der Waals surface area contributed by atoms with Gasteiger partial charge in [-0.1, -0.05) is 32.0 Å². The van der Waals surface area contributed by atoms with Crippen LogP contribution in [-0.4, -0.2) is 45.3 Å². The van der Waals surface area contributed by atoms with Crippen LogP contribution in [0.3, 0.4) is 0 Å². The Kier molecular flexibility index (Phi) is 6.94. The summed E-state index contributed by atoms with van der Waals surface area (Å²) >= 11 is 6.97. The molecule has 2 N–H and O–H groups in total. The topological polar surface area (TPSA) is 92.3 Å². The second kappa shape index (κ2) is 9.88. The Balaban J connectivity index is 1.65. The maximum atomic E-state index is 13.8. The summed E-state index contributed by atoms with van der Waals surface area (Å²) in [5.74, 6) is 0.702. The lowest BCUT2D eigenvalue weighted by molar-refractivity contribution is -0.129. The molecule has 2 unspecified atom stereocenters. The van der Waals surface area contributed by atoms with Crippen LogP contribution in [0.15, 0.2) is 41.8 Å². The molecule has 0 aliphatic carbocycles. The van der Waals surface area contributed by atoms with Gasteiger partial charge in [0.1, 0.15) is 11.8 Å². The van der Waals surface area contributed by atoms with Gasteiger partial charge in [0.05, 0.1) is 17.1 Å². The number of hydrogen-bond acceptors (Lipinski definition) is 6. The second-order valence-corrected chi connectivity index (χ2v) is 9.26. The van der Waals surface area contributed by atoms with E-state index >= 15 is 0 Å². The molecule has 0 saturated heterocycles. The molecule has 0 bridgehead atoms. The number of amides is 2. The van der Waals surface area contributed by atoms with Gasteiger partial charge in [-0.3, -0.25) is 19.3 Å². The minimum atomic E-state index is -0.800. The average Bonchev–Trinajstić information content (AvgIpc) is 3.50. The summed E-state index contributed by atoms with van der Waals surface area (Å²) in [4.78, 5) is 29.3. The molecule has 0 spiro atoms. The van der Waals surface area contributed by atoms with E-state index in [0.717, 1.165) is 17.7 Å². The van der Waals surface area contributed by atoms with Crippen molar-refractivity contribution in [2.75, 3.05) is 11.4 Å². The van der Waals surface area contributed by atoms with Gasteiger partial charge in [-0.15, -0.1) is 11.3 Å². The highest BCUT2D eigenvalue weighted by molar-refractivity contribution is 7.71. The summed E-state index contributed by atoms with van der Waals surface area (Å²) < 4.78 is 8.08. The highest BCUT2D eigenvalue weighted by atomic mass is 32.1. The molecule has 0 radical (unpaired) electrons. The number of ether oxygens (including phenoxy) is 1. The van der Waals surface area contributed by atoms with E-state index in [1.807, 2.05) is 49.6 Å². The Morgan fingerprint density at radius 2 is 2.03 bits per heavy atom. The van der Waals surface area contributed by atoms with E-state index in [0.29, 0.717) is 22.0 Å². The number of thiophene rings is 1. The fourth-order valence-corrected chi connectivity index (χ4v) is 4.95. The summed E-state index contributed by atoms with van der Waals surface area (Å²) in [6.07, 6.45) is 0.857. The number of aromatic amines is 1. The van der Waals surface area contributed by atoms with Gasteiger partial charge in [0.25, 0.3) is 5.91 Å². The molecule has 2 aromatic heterocycles. The van der Waals surface area contributed by atoms with Crippen LogP contribution < -0.4 is 15.0 Å². The third-order valence-electron chi connectivity index (χ3n) is 5.85. The van der Waals surface area contributed by atoms with Gasteiger partial charge < -0.3 is 15.0 Å². The lowest BCUT2D eigenvalue weighted by Crippen LogP contribution is -2.53. The van der Waals surface area contributed by atoms with Crippen molar-refractivity contribution in [1.82, 2.24) is 20.1 Å². The van der Waals surface area contributed by atoms with Crippen LogP contribution in [0.2, 0.25) is 0 Å². The smallest absolute Gasteiger partial charge is 0.263 e. The second-order valence-electron chi connectivity index (χ2n) is 7.92. The van der Waals surface area contributed by atoms with Crippen LogP contribution in [-0.2, 0) is 9.59 Å². The van der Waals surface area contributed by atoms with E-state index in [1.165, 1.54) is 11.3 Å². The van der Waals surface area contributed by atoms with E-state index in [9.17, 15) is 9.59 Å². The number of hydrogen-bond donors (Lipinski definition) is 2. The number of carbonyl (C=O) groups is 2. The molecular formula is C23H27N5O3S2. The molecular weight excluding hydrogens is 458 g/mol. The minimum absolute atomic E-state index is 0.0685. The van der Waals surface area contributed by atoms with Crippen LogP contribution in [0.4, 0.5) is 5.69 Å². The number of para-hydroxylation sites is 2. The van der Waals surface area contributed by atoms with E-state index in [1.54, 1.807) is 22.5 Å². The van der Waals surface area contributed by atoms with Crippen molar-refractivity contribution >= 4 is 41.1 Å². The van der Waals surface area contributed by atoms with Crippen LogP contribution >= 0.6 is 23.6 Å². The van der Waals surface area contributed by atoms with Crippen molar-refractivity contribution < 1.29 is 14.3 Å². The molecule has 4 rings (SSSR count). The molecule has 0 saturated carbocycles. The fourth-order valence-electron chi connectivity index (χ4n) is 3.95. The molecule has 1 aliphatic rings. The van der Waals surface area contributed by atoms with Gasteiger partial charge >= 0.3 is 0 Å². The summed E-state index contributed by atoms with van der Waals surface area (Å²) in [5, 5.41) is 12.1. The maximum absolute atomic E-state index is 13.8. The molecule has 3 aromatic rings. The Bertz CT molecular complexity index is 1180. The summed E-state index contributed by atoms with van der Waals surface area (Å²) in [7, 11) is 0. The standard InChI is InChI=1S/C23H27N5O3S2/c1-4-15(5-2)24-21(29)18-13-27(16-9-6-7-10-17(16)31-18)22(30)14(3)28-20(25-26-23(28)32)19-11-8-12-33-19/h6-12,14-15,18H,4-5,13H2,1-3H3,(H,24,29)(H,26,32). The van der Waals surface area contributed by atoms with E-state index < -0.39 is 12.1 Å². The van der Waals surface area contributed by atoms with Crippen LogP contribution in [0, 0.1) is 4.77 Å². The first-order valence-corrected chi connectivity index (χ1v) is 12.3. The predicted molar refractivity (Wildman–Crippen MR) is 131 cm³/mol. The van der Waals surface area contributed by atoms with Gasteiger partial charge in [0.15, 0.2) is 16.7 Å². The number of rotatable bonds is 7. The van der Waals surface area contributed by atoms with E-state index in [-0.39, 0.29) is 24.4 Å². The predicted octanol–water partition coefficient (Wildman–Crippen LogP) is 4.33. The number of anilines is 1. The number of aromatic nitrogens is 3. The number of nitrogens with one attached hydrogen (secondary N) is 2. The quantitative estimate of drug-likeness (QED) is 0.486. The first-order chi connectivity index (χ1) is 15.9. The zero-order chi connectivity index (χ0) is 23.5. The van der Waals surface area contributed by atoms with Gasteiger partial charge in [0, 0.05) is 6.04 Å². The van der Waals surface area contributed by atoms with Crippen molar-refractivity contribution in [1.29, 1.82) is 0 Å². The number of fused-ring (bicyclic) bond motifs is 1. The van der Waals surface area contributed by atoms with Gasteiger partial charge in [-0.2, -0.15) is 5.10 Å². The van der Waals surface area contributed by atoms with E-state index in [2.05, 4.69) is 15.5 Å². The molecule has 2 amide bonds. The fraction of sp³-hybridized carbons (Fsp3) is 0.391. The molecule has 1 aliphatic heterocycles. The monoisotopic (exact) mass is 485 g/mol. The highest BCUT2D eigenvalue weighted by Gasteiger charge is 2.37. The normalized spacial score (nSPS) is 16.2. The third-order valence-corrected chi connectivity index (χ3v) is 7.01. The maximum Gasteiger partial charge on any atom is 0.263 e. The molecule has 0 fully saturated rings. The summed E-state index contributed by atoms with van der Waals surface area (Å²) in [5.41, 5.74) is 0.633. The Morgan fingerprint density at radius 3 is 2.73 bits per heavy atom.